The molecule has 1 heterocycles. The molecule has 2 rings (SSSR count). The van der Waals surface area contributed by atoms with Gasteiger partial charge in [-0.2, -0.15) is 0 Å². The van der Waals surface area contributed by atoms with E-state index in [1.54, 1.807) is 16.7 Å². The van der Waals surface area contributed by atoms with E-state index in [0.717, 1.165) is 10.9 Å². The summed E-state index contributed by atoms with van der Waals surface area (Å²) in [5.74, 6) is 1.76. The lowest BCUT2D eigenvalue weighted by Crippen LogP contribution is -2.12. The van der Waals surface area contributed by atoms with E-state index in [2.05, 4.69) is 11.9 Å². The maximum atomic E-state index is 9.22. The summed E-state index contributed by atoms with van der Waals surface area (Å²) in [5.41, 5.74) is 0. The Labute approximate surface area is 95.4 Å². The van der Waals surface area contributed by atoms with Crippen molar-refractivity contribution in [2.45, 2.75) is 51.4 Å². The van der Waals surface area contributed by atoms with E-state index in [4.69, 9.17) is 0 Å². The van der Waals surface area contributed by atoms with Crippen LogP contribution in [0.4, 0.5) is 0 Å². The lowest BCUT2D eigenvalue weighted by Gasteiger charge is -2.26. The molecule has 0 bridgehead atoms. The summed E-state index contributed by atoms with van der Waals surface area (Å²) in [6.07, 6.45) is 7.91. The van der Waals surface area contributed by atoms with Crippen molar-refractivity contribution >= 4 is 11.3 Å². The van der Waals surface area contributed by atoms with Gasteiger partial charge in [0.2, 0.25) is 5.88 Å². The molecule has 1 aliphatic rings. The molecule has 1 aromatic heterocycles. The Hall–Kier alpha value is -0.570. The Bertz CT molecular complexity index is 302. The Morgan fingerprint density at radius 1 is 1.40 bits per heavy atom. The highest BCUT2D eigenvalue weighted by atomic mass is 32.1. The molecule has 0 spiro atoms. The highest BCUT2D eigenvalue weighted by molar-refractivity contribution is 7.09. The first kappa shape index (κ1) is 10.9. The standard InChI is InChI=1S/C12H19NOS/c1-2-3-9-4-6-10(7-5-9)12-13-11(14)8-15-12/h8-10,14H,2-7H2,1H3. The van der Waals surface area contributed by atoms with Gasteiger partial charge in [0.1, 0.15) is 0 Å². The molecule has 0 unspecified atom stereocenters. The topological polar surface area (TPSA) is 33.1 Å². The Morgan fingerprint density at radius 2 is 2.13 bits per heavy atom. The summed E-state index contributed by atoms with van der Waals surface area (Å²) in [4.78, 5) is 4.18. The van der Waals surface area contributed by atoms with Gasteiger partial charge in [-0.3, -0.25) is 0 Å². The van der Waals surface area contributed by atoms with Gasteiger partial charge in [0.05, 0.1) is 10.4 Å². The van der Waals surface area contributed by atoms with E-state index in [1.807, 2.05) is 0 Å². The maximum Gasteiger partial charge on any atom is 0.222 e. The fourth-order valence-electron chi connectivity index (χ4n) is 2.57. The largest absolute Gasteiger partial charge is 0.493 e. The third-order valence-corrected chi connectivity index (χ3v) is 4.40. The SMILES string of the molecule is CCCC1CCC(c2nc(O)cs2)CC1. The molecule has 3 heteroatoms. The van der Waals surface area contributed by atoms with Crippen LogP contribution in [0, 0.1) is 5.92 Å². The molecule has 1 aromatic rings. The molecular formula is C12H19NOS. The minimum atomic E-state index is 0.200. The van der Waals surface area contributed by atoms with Crippen LogP contribution in [0.5, 0.6) is 5.88 Å². The Kier molecular flexibility index (Phi) is 3.62. The van der Waals surface area contributed by atoms with Crippen LogP contribution < -0.4 is 0 Å². The zero-order chi connectivity index (χ0) is 10.7. The van der Waals surface area contributed by atoms with Crippen molar-refractivity contribution in [3.05, 3.63) is 10.4 Å². The third kappa shape index (κ3) is 2.71. The second kappa shape index (κ2) is 4.97. The lowest BCUT2D eigenvalue weighted by molar-refractivity contribution is 0.307. The minimum absolute atomic E-state index is 0.200. The lowest BCUT2D eigenvalue weighted by atomic mass is 9.80. The minimum Gasteiger partial charge on any atom is -0.493 e. The first-order chi connectivity index (χ1) is 7.29. The van der Waals surface area contributed by atoms with E-state index in [1.165, 1.54) is 38.5 Å². The van der Waals surface area contributed by atoms with Gasteiger partial charge in [-0.05, 0) is 31.6 Å². The normalized spacial score (nSPS) is 26.7. The van der Waals surface area contributed by atoms with Gasteiger partial charge in [0, 0.05) is 5.92 Å². The van der Waals surface area contributed by atoms with Crippen LogP contribution in [0.1, 0.15) is 56.4 Å². The van der Waals surface area contributed by atoms with E-state index in [0.29, 0.717) is 5.92 Å². The molecule has 15 heavy (non-hydrogen) atoms. The summed E-state index contributed by atoms with van der Waals surface area (Å²) in [7, 11) is 0. The first-order valence-electron chi connectivity index (χ1n) is 5.94. The van der Waals surface area contributed by atoms with Crippen LogP contribution in [0.3, 0.4) is 0 Å². The Balaban J connectivity index is 1.88. The molecular weight excluding hydrogens is 206 g/mol. The van der Waals surface area contributed by atoms with E-state index >= 15 is 0 Å². The van der Waals surface area contributed by atoms with Gasteiger partial charge in [0.25, 0.3) is 0 Å². The summed E-state index contributed by atoms with van der Waals surface area (Å²) in [5, 5.41) is 12.1. The van der Waals surface area contributed by atoms with Crippen molar-refractivity contribution in [1.29, 1.82) is 0 Å². The predicted molar refractivity (Wildman–Crippen MR) is 63.4 cm³/mol. The highest BCUT2D eigenvalue weighted by Gasteiger charge is 2.23. The number of rotatable bonds is 3. The third-order valence-electron chi connectivity index (χ3n) is 3.40. The maximum absolute atomic E-state index is 9.22. The summed E-state index contributed by atoms with van der Waals surface area (Å²) < 4.78 is 0. The number of thiazole rings is 1. The fourth-order valence-corrected chi connectivity index (χ4v) is 3.43. The second-order valence-electron chi connectivity index (χ2n) is 4.55. The number of aromatic nitrogens is 1. The second-order valence-corrected chi connectivity index (χ2v) is 5.44. The molecule has 0 aromatic carbocycles. The van der Waals surface area contributed by atoms with Crippen molar-refractivity contribution in [2.24, 2.45) is 5.92 Å². The predicted octanol–water partition coefficient (Wildman–Crippen LogP) is 3.92. The van der Waals surface area contributed by atoms with Gasteiger partial charge >= 0.3 is 0 Å². The van der Waals surface area contributed by atoms with Gasteiger partial charge in [-0.1, -0.05) is 19.8 Å². The highest BCUT2D eigenvalue weighted by Crippen LogP contribution is 2.39. The zero-order valence-electron chi connectivity index (χ0n) is 9.28. The van der Waals surface area contributed by atoms with Crippen LogP contribution >= 0.6 is 11.3 Å². The molecule has 1 saturated carbocycles. The molecule has 84 valence electrons. The fraction of sp³-hybridized carbons (Fsp3) is 0.750. The quantitative estimate of drug-likeness (QED) is 0.845. The Morgan fingerprint density at radius 3 is 2.67 bits per heavy atom. The molecule has 0 radical (unpaired) electrons. The number of hydrogen-bond donors (Lipinski definition) is 1. The molecule has 0 amide bonds. The van der Waals surface area contributed by atoms with Crippen LogP contribution in [0.15, 0.2) is 5.38 Å². The van der Waals surface area contributed by atoms with Gasteiger partial charge in [-0.25, -0.2) is 4.98 Å². The van der Waals surface area contributed by atoms with Crippen molar-refractivity contribution < 1.29 is 5.11 Å². The zero-order valence-corrected chi connectivity index (χ0v) is 10.1. The van der Waals surface area contributed by atoms with Gasteiger partial charge in [0.15, 0.2) is 0 Å². The number of hydrogen-bond acceptors (Lipinski definition) is 3. The smallest absolute Gasteiger partial charge is 0.222 e. The molecule has 0 saturated heterocycles. The molecule has 1 aliphatic carbocycles. The van der Waals surface area contributed by atoms with Crippen molar-refractivity contribution in [2.75, 3.05) is 0 Å². The van der Waals surface area contributed by atoms with Gasteiger partial charge < -0.3 is 5.11 Å². The number of aromatic hydroxyl groups is 1. The van der Waals surface area contributed by atoms with Crippen molar-refractivity contribution in [3.8, 4) is 5.88 Å². The summed E-state index contributed by atoms with van der Waals surface area (Å²) in [6.45, 7) is 2.27. The molecule has 1 N–H and O–H groups in total. The van der Waals surface area contributed by atoms with Gasteiger partial charge in [-0.15, -0.1) is 11.3 Å². The first-order valence-corrected chi connectivity index (χ1v) is 6.82. The van der Waals surface area contributed by atoms with E-state index in [-0.39, 0.29) is 5.88 Å². The molecule has 1 fully saturated rings. The van der Waals surface area contributed by atoms with E-state index < -0.39 is 0 Å². The van der Waals surface area contributed by atoms with Crippen molar-refractivity contribution in [1.82, 2.24) is 4.98 Å². The van der Waals surface area contributed by atoms with Crippen LogP contribution in [-0.4, -0.2) is 10.1 Å². The average molecular weight is 225 g/mol. The average Bonchev–Trinajstić information content (AvgIpc) is 2.67. The number of nitrogens with zero attached hydrogens (tertiary/aromatic N) is 1. The molecule has 0 aliphatic heterocycles. The summed E-state index contributed by atoms with van der Waals surface area (Å²) >= 11 is 1.61. The monoisotopic (exact) mass is 225 g/mol. The van der Waals surface area contributed by atoms with Crippen molar-refractivity contribution in [3.63, 3.8) is 0 Å². The summed E-state index contributed by atoms with van der Waals surface area (Å²) in [6, 6.07) is 0. The van der Waals surface area contributed by atoms with Crippen LogP contribution in [0.2, 0.25) is 0 Å². The molecule has 0 atom stereocenters. The van der Waals surface area contributed by atoms with Crippen LogP contribution in [-0.2, 0) is 0 Å². The van der Waals surface area contributed by atoms with Crippen LogP contribution in [0.25, 0.3) is 0 Å². The molecule has 2 nitrogen and oxygen atoms in total. The van der Waals surface area contributed by atoms with E-state index in [9.17, 15) is 5.11 Å².